The van der Waals surface area contributed by atoms with Crippen molar-refractivity contribution in [1.29, 1.82) is 0 Å². The van der Waals surface area contributed by atoms with Crippen LogP contribution in [0.25, 0.3) is 11.1 Å². The number of alkyl carbamates (subject to hydrolysis) is 1. The minimum atomic E-state index is -1.42. The molecule has 4 rings (SSSR count). The van der Waals surface area contributed by atoms with Crippen LogP contribution in [-0.4, -0.2) is 53.5 Å². The maximum absolute atomic E-state index is 12.5. The topological polar surface area (TPSA) is 125 Å². The number of carbonyl (C=O) groups is 3. The van der Waals surface area contributed by atoms with Gasteiger partial charge in [-0.05, 0) is 41.0 Å². The van der Waals surface area contributed by atoms with Crippen LogP contribution in [0.2, 0.25) is 0 Å². The van der Waals surface area contributed by atoms with E-state index in [2.05, 4.69) is 10.6 Å². The summed E-state index contributed by atoms with van der Waals surface area (Å²) < 4.78 is 5.48. The lowest BCUT2D eigenvalue weighted by molar-refractivity contribution is -0.143. The van der Waals surface area contributed by atoms with Crippen LogP contribution in [0, 0.1) is 5.92 Å². The lowest BCUT2D eigenvalue weighted by Crippen LogP contribution is -2.53. The quantitative estimate of drug-likeness (QED) is 0.513. The Balaban J connectivity index is 1.41. The highest BCUT2D eigenvalue weighted by molar-refractivity contribution is 5.89. The van der Waals surface area contributed by atoms with Crippen molar-refractivity contribution >= 4 is 18.0 Å². The van der Waals surface area contributed by atoms with Crippen molar-refractivity contribution in [3.8, 4) is 11.1 Å². The zero-order chi connectivity index (χ0) is 22.0. The van der Waals surface area contributed by atoms with Crippen LogP contribution >= 0.6 is 0 Å². The fourth-order valence-electron chi connectivity index (χ4n) is 4.04. The highest BCUT2D eigenvalue weighted by atomic mass is 16.5. The van der Waals surface area contributed by atoms with Crippen LogP contribution in [0.15, 0.2) is 48.5 Å². The highest BCUT2D eigenvalue weighted by Crippen LogP contribution is 2.44. The number of benzene rings is 2. The van der Waals surface area contributed by atoms with E-state index in [1.165, 1.54) is 0 Å². The van der Waals surface area contributed by atoms with E-state index in [4.69, 9.17) is 14.9 Å². The third-order valence-corrected chi connectivity index (χ3v) is 5.79. The molecule has 0 bridgehead atoms. The van der Waals surface area contributed by atoms with Crippen molar-refractivity contribution in [2.45, 2.75) is 30.8 Å². The molecule has 8 heteroatoms. The molecule has 0 aliphatic heterocycles. The van der Waals surface area contributed by atoms with E-state index in [1.807, 2.05) is 48.5 Å². The molecule has 0 spiro atoms. The van der Waals surface area contributed by atoms with Crippen molar-refractivity contribution in [2.75, 3.05) is 13.2 Å². The first kappa shape index (κ1) is 20.9. The minimum absolute atomic E-state index is 0.0754. The molecular weight excluding hydrogens is 400 g/mol. The summed E-state index contributed by atoms with van der Waals surface area (Å²) in [6.07, 6.45) is 0.766. The largest absolute Gasteiger partial charge is 0.480 e. The number of fused-ring (bicyclic) bond motifs is 3. The predicted octanol–water partition coefficient (Wildman–Crippen LogP) is 1.87. The van der Waals surface area contributed by atoms with Gasteiger partial charge in [0.1, 0.15) is 18.7 Å². The first-order valence-electron chi connectivity index (χ1n) is 10.2. The number of carbonyl (C=O) groups excluding carboxylic acids is 2. The molecule has 162 valence electrons. The Labute approximate surface area is 179 Å². The van der Waals surface area contributed by atoms with Gasteiger partial charge in [-0.15, -0.1) is 0 Å². The number of ether oxygens (including phenoxy) is 1. The minimum Gasteiger partial charge on any atom is -0.480 e. The predicted molar refractivity (Wildman–Crippen MR) is 111 cm³/mol. The van der Waals surface area contributed by atoms with Gasteiger partial charge in [-0.2, -0.15) is 0 Å². The molecule has 2 aromatic rings. The van der Waals surface area contributed by atoms with Gasteiger partial charge in [-0.25, -0.2) is 9.59 Å². The van der Waals surface area contributed by atoms with Crippen molar-refractivity contribution in [1.82, 2.24) is 10.6 Å². The van der Waals surface area contributed by atoms with Gasteiger partial charge in [0.15, 0.2) is 0 Å². The van der Waals surface area contributed by atoms with Gasteiger partial charge >= 0.3 is 12.1 Å². The van der Waals surface area contributed by atoms with Crippen LogP contribution in [0.4, 0.5) is 4.79 Å². The zero-order valence-electron chi connectivity index (χ0n) is 16.8. The first-order chi connectivity index (χ1) is 15.0. The maximum Gasteiger partial charge on any atom is 0.407 e. The van der Waals surface area contributed by atoms with E-state index in [1.54, 1.807) is 0 Å². The first-order valence-corrected chi connectivity index (χ1v) is 10.2. The molecule has 2 aliphatic carbocycles. The smallest absolute Gasteiger partial charge is 0.407 e. The molecule has 8 nitrogen and oxygen atoms in total. The SMILES string of the molecule is O=C(NC(C(=O)NC(CO)C(=O)O)C1CC1)OCC1c2ccccc2-c2ccccc21. The van der Waals surface area contributed by atoms with Crippen LogP contribution in [0.3, 0.4) is 0 Å². The molecule has 4 N–H and O–H groups in total. The molecule has 2 amide bonds. The number of carboxylic acid groups (broad SMARTS) is 1. The Morgan fingerprint density at radius 2 is 1.55 bits per heavy atom. The Morgan fingerprint density at radius 3 is 2.06 bits per heavy atom. The third kappa shape index (κ3) is 4.39. The van der Waals surface area contributed by atoms with E-state index in [-0.39, 0.29) is 18.4 Å². The molecule has 0 aromatic heterocycles. The monoisotopic (exact) mass is 424 g/mol. The summed E-state index contributed by atoms with van der Waals surface area (Å²) in [5.41, 5.74) is 4.40. The number of hydrogen-bond acceptors (Lipinski definition) is 5. The fourth-order valence-corrected chi connectivity index (χ4v) is 4.04. The molecule has 0 saturated heterocycles. The number of aliphatic hydroxyl groups is 1. The molecule has 2 unspecified atom stereocenters. The van der Waals surface area contributed by atoms with Gasteiger partial charge in [-0.3, -0.25) is 4.79 Å². The Bertz CT molecular complexity index is 958. The van der Waals surface area contributed by atoms with Crippen molar-refractivity contribution in [3.05, 3.63) is 59.7 Å². The number of nitrogens with one attached hydrogen (secondary N) is 2. The summed E-state index contributed by atoms with van der Waals surface area (Å²) in [5, 5.41) is 23.0. The third-order valence-electron chi connectivity index (χ3n) is 5.79. The van der Waals surface area contributed by atoms with Gasteiger partial charge in [0.05, 0.1) is 6.61 Å². The number of aliphatic hydroxyl groups excluding tert-OH is 1. The second-order valence-electron chi connectivity index (χ2n) is 7.87. The molecular formula is C23H24N2O6. The lowest BCUT2D eigenvalue weighted by Gasteiger charge is -2.21. The molecule has 2 atom stereocenters. The Hall–Kier alpha value is -3.39. The van der Waals surface area contributed by atoms with Gasteiger partial charge in [0.25, 0.3) is 0 Å². The van der Waals surface area contributed by atoms with E-state index >= 15 is 0 Å². The van der Waals surface area contributed by atoms with Gasteiger partial charge in [-0.1, -0.05) is 48.5 Å². The number of hydrogen-bond donors (Lipinski definition) is 4. The maximum atomic E-state index is 12.5. The Morgan fingerprint density at radius 1 is 0.968 bits per heavy atom. The van der Waals surface area contributed by atoms with E-state index < -0.39 is 36.7 Å². The number of aliphatic carboxylic acids is 1. The molecule has 2 aromatic carbocycles. The van der Waals surface area contributed by atoms with Gasteiger partial charge in [0.2, 0.25) is 5.91 Å². The molecule has 0 radical (unpaired) electrons. The normalized spacial score (nSPS) is 16.5. The van der Waals surface area contributed by atoms with Crippen molar-refractivity contribution < 1.29 is 29.3 Å². The molecule has 1 saturated carbocycles. The van der Waals surface area contributed by atoms with E-state index in [0.29, 0.717) is 0 Å². The lowest BCUT2D eigenvalue weighted by atomic mass is 9.98. The Kier molecular flexibility index (Phi) is 5.90. The molecule has 2 aliphatic rings. The van der Waals surface area contributed by atoms with E-state index in [0.717, 1.165) is 35.1 Å². The summed E-state index contributed by atoms with van der Waals surface area (Å²) >= 11 is 0. The van der Waals surface area contributed by atoms with Crippen molar-refractivity contribution in [2.24, 2.45) is 5.92 Å². The van der Waals surface area contributed by atoms with Crippen LogP contribution in [-0.2, 0) is 14.3 Å². The second kappa shape index (κ2) is 8.77. The molecule has 31 heavy (non-hydrogen) atoms. The van der Waals surface area contributed by atoms with Gasteiger partial charge < -0.3 is 25.6 Å². The summed E-state index contributed by atoms with van der Waals surface area (Å²) in [4.78, 5) is 36.0. The summed E-state index contributed by atoms with van der Waals surface area (Å²) in [5.74, 6) is -2.16. The van der Waals surface area contributed by atoms with Gasteiger partial charge in [0, 0.05) is 5.92 Å². The van der Waals surface area contributed by atoms with E-state index in [9.17, 15) is 14.4 Å². The van der Waals surface area contributed by atoms with Crippen LogP contribution in [0.5, 0.6) is 0 Å². The summed E-state index contributed by atoms with van der Waals surface area (Å²) in [6, 6.07) is 13.6. The molecule has 1 fully saturated rings. The van der Waals surface area contributed by atoms with Crippen LogP contribution in [0.1, 0.15) is 29.9 Å². The summed E-state index contributed by atoms with van der Waals surface area (Å²) in [6.45, 7) is -0.614. The standard InChI is InChI=1S/C23H24N2O6/c26-11-19(22(28)29)24-21(27)20(13-9-10-13)25-23(30)31-12-18-16-7-3-1-5-14(16)15-6-2-4-8-17(15)18/h1-8,13,18-20,26H,9-12H2,(H,24,27)(H,25,30)(H,28,29). The average molecular weight is 424 g/mol. The number of rotatable bonds is 8. The number of amides is 2. The average Bonchev–Trinajstić information content (AvgIpc) is 3.56. The molecule has 0 heterocycles. The highest BCUT2D eigenvalue weighted by Gasteiger charge is 2.39. The number of carboxylic acids is 1. The summed E-state index contributed by atoms with van der Waals surface area (Å²) in [7, 11) is 0. The van der Waals surface area contributed by atoms with Crippen molar-refractivity contribution in [3.63, 3.8) is 0 Å². The second-order valence-corrected chi connectivity index (χ2v) is 7.87. The van der Waals surface area contributed by atoms with Crippen LogP contribution < -0.4 is 10.6 Å². The fraction of sp³-hybridized carbons (Fsp3) is 0.348. The zero-order valence-corrected chi connectivity index (χ0v) is 16.8.